The number of halogens is 2. The second-order valence-corrected chi connectivity index (χ2v) is 4.64. The van der Waals surface area contributed by atoms with Gasteiger partial charge in [-0.2, -0.15) is 0 Å². The molecule has 1 aromatic carbocycles. The van der Waals surface area contributed by atoms with Crippen molar-refractivity contribution < 1.29 is 9.18 Å². The van der Waals surface area contributed by atoms with Crippen LogP contribution in [0.25, 0.3) is 0 Å². The van der Waals surface area contributed by atoms with Crippen molar-refractivity contribution in [2.24, 2.45) is 0 Å². The molecular weight excluding hydrogens is 281 g/mol. The largest absolute Gasteiger partial charge is 0.384 e. The SMILES string of the molecule is CCc1cc(C(=O)Nc2cc(Cl)ccc2F)cc(N)n1. The van der Waals surface area contributed by atoms with Gasteiger partial charge in [-0.05, 0) is 36.8 Å². The monoisotopic (exact) mass is 293 g/mol. The minimum Gasteiger partial charge on any atom is -0.384 e. The molecule has 6 heteroatoms. The van der Waals surface area contributed by atoms with Gasteiger partial charge in [-0.15, -0.1) is 0 Å². The van der Waals surface area contributed by atoms with Crippen molar-refractivity contribution in [1.29, 1.82) is 0 Å². The molecule has 0 atom stereocenters. The van der Waals surface area contributed by atoms with Gasteiger partial charge < -0.3 is 11.1 Å². The highest BCUT2D eigenvalue weighted by Gasteiger charge is 2.11. The third kappa shape index (κ3) is 3.24. The van der Waals surface area contributed by atoms with Crippen LogP contribution in [0.5, 0.6) is 0 Å². The predicted molar refractivity (Wildman–Crippen MR) is 77.4 cm³/mol. The molecule has 0 aliphatic heterocycles. The van der Waals surface area contributed by atoms with Crippen molar-refractivity contribution in [1.82, 2.24) is 4.98 Å². The van der Waals surface area contributed by atoms with Gasteiger partial charge in [-0.3, -0.25) is 4.79 Å². The number of rotatable bonds is 3. The molecule has 104 valence electrons. The number of nitrogens with two attached hydrogens (primary N) is 1. The summed E-state index contributed by atoms with van der Waals surface area (Å²) in [5.41, 5.74) is 6.68. The molecule has 0 saturated carbocycles. The molecule has 0 fully saturated rings. The van der Waals surface area contributed by atoms with E-state index >= 15 is 0 Å². The summed E-state index contributed by atoms with van der Waals surface area (Å²) >= 11 is 5.77. The Bertz CT molecular complexity index is 661. The zero-order valence-corrected chi connectivity index (χ0v) is 11.5. The molecule has 0 radical (unpaired) electrons. The number of hydrogen-bond donors (Lipinski definition) is 2. The van der Waals surface area contributed by atoms with E-state index < -0.39 is 11.7 Å². The fraction of sp³-hybridized carbons (Fsp3) is 0.143. The predicted octanol–water partition coefficient (Wildman–Crippen LogP) is 3.27. The second-order valence-electron chi connectivity index (χ2n) is 4.20. The van der Waals surface area contributed by atoms with E-state index in [-0.39, 0.29) is 11.5 Å². The zero-order chi connectivity index (χ0) is 14.7. The third-order valence-corrected chi connectivity index (χ3v) is 2.93. The van der Waals surface area contributed by atoms with Gasteiger partial charge in [0.25, 0.3) is 5.91 Å². The van der Waals surface area contributed by atoms with Crippen LogP contribution in [0.1, 0.15) is 23.0 Å². The number of carbonyl (C=O) groups excluding carboxylic acids is 1. The lowest BCUT2D eigenvalue weighted by atomic mass is 10.1. The van der Waals surface area contributed by atoms with Crippen molar-refractivity contribution in [3.8, 4) is 0 Å². The Morgan fingerprint density at radius 2 is 2.15 bits per heavy atom. The topological polar surface area (TPSA) is 68.0 Å². The lowest BCUT2D eigenvalue weighted by Gasteiger charge is -2.08. The third-order valence-electron chi connectivity index (χ3n) is 2.70. The normalized spacial score (nSPS) is 10.3. The van der Waals surface area contributed by atoms with Crippen LogP contribution in [0.4, 0.5) is 15.9 Å². The van der Waals surface area contributed by atoms with Crippen molar-refractivity contribution >= 4 is 29.0 Å². The van der Waals surface area contributed by atoms with Gasteiger partial charge in [0.1, 0.15) is 11.6 Å². The zero-order valence-electron chi connectivity index (χ0n) is 10.8. The molecule has 0 spiro atoms. The first kappa shape index (κ1) is 14.3. The van der Waals surface area contributed by atoms with Crippen LogP contribution in [0.3, 0.4) is 0 Å². The van der Waals surface area contributed by atoms with Crippen molar-refractivity contribution in [3.63, 3.8) is 0 Å². The molecule has 0 aliphatic rings. The van der Waals surface area contributed by atoms with Gasteiger partial charge in [0.05, 0.1) is 5.69 Å². The van der Waals surface area contributed by atoms with Gasteiger partial charge in [0.2, 0.25) is 0 Å². The lowest BCUT2D eigenvalue weighted by molar-refractivity contribution is 0.102. The number of pyridine rings is 1. The van der Waals surface area contributed by atoms with Crippen molar-refractivity contribution in [3.05, 3.63) is 52.4 Å². The summed E-state index contributed by atoms with van der Waals surface area (Å²) in [7, 11) is 0. The Morgan fingerprint density at radius 3 is 2.85 bits per heavy atom. The van der Waals surface area contributed by atoms with Gasteiger partial charge in [-0.25, -0.2) is 9.37 Å². The summed E-state index contributed by atoms with van der Waals surface area (Å²) in [6.45, 7) is 1.90. The standard InChI is InChI=1S/C14H13ClFN3O/c1-2-10-5-8(6-13(17)18-10)14(20)19-12-7-9(15)3-4-11(12)16/h3-7H,2H2,1H3,(H2,17,18)(H,19,20). The molecule has 0 saturated heterocycles. The molecule has 2 rings (SSSR count). The van der Waals surface area contributed by atoms with Gasteiger partial charge in [-0.1, -0.05) is 18.5 Å². The average molecular weight is 294 g/mol. The Kier molecular flexibility index (Phi) is 4.20. The number of nitrogens with zero attached hydrogens (tertiary/aromatic N) is 1. The summed E-state index contributed by atoms with van der Waals surface area (Å²) in [5, 5.41) is 2.80. The van der Waals surface area contributed by atoms with Crippen LogP contribution >= 0.6 is 11.6 Å². The molecule has 1 amide bonds. The fourth-order valence-corrected chi connectivity index (χ4v) is 1.88. The smallest absolute Gasteiger partial charge is 0.255 e. The number of nitrogens with one attached hydrogen (secondary N) is 1. The Balaban J connectivity index is 2.28. The highest BCUT2D eigenvalue weighted by Crippen LogP contribution is 2.20. The quantitative estimate of drug-likeness (QED) is 0.912. The number of aromatic nitrogens is 1. The maximum atomic E-state index is 13.6. The maximum absolute atomic E-state index is 13.6. The van der Waals surface area contributed by atoms with E-state index in [0.29, 0.717) is 22.7 Å². The minimum absolute atomic E-state index is 0.0240. The Morgan fingerprint density at radius 1 is 1.40 bits per heavy atom. The van der Waals surface area contributed by atoms with Crippen LogP contribution in [0.2, 0.25) is 5.02 Å². The number of nitrogen functional groups attached to an aromatic ring is 1. The molecule has 4 nitrogen and oxygen atoms in total. The number of anilines is 2. The molecule has 2 aromatic rings. The fourth-order valence-electron chi connectivity index (χ4n) is 1.71. The number of carbonyl (C=O) groups is 1. The van der Waals surface area contributed by atoms with Gasteiger partial charge >= 0.3 is 0 Å². The molecule has 1 aromatic heterocycles. The van der Waals surface area contributed by atoms with Crippen LogP contribution in [-0.4, -0.2) is 10.9 Å². The van der Waals surface area contributed by atoms with Crippen LogP contribution in [0, 0.1) is 5.82 Å². The summed E-state index contributed by atoms with van der Waals surface area (Å²) in [6.07, 6.45) is 0.650. The summed E-state index contributed by atoms with van der Waals surface area (Å²) in [6, 6.07) is 7.01. The summed E-state index contributed by atoms with van der Waals surface area (Å²) in [4.78, 5) is 16.2. The van der Waals surface area contributed by atoms with E-state index in [1.807, 2.05) is 6.92 Å². The second kappa shape index (κ2) is 5.88. The van der Waals surface area contributed by atoms with E-state index in [1.165, 1.54) is 24.3 Å². The maximum Gasteiger partial charge on any atom is 0.255 e. The van der Waals surface area contributed by atoms with Crippen LogP contribution in [-0.2, 0) is 6.42 Å². The molecule has 3 N–H and O–H groups in total. The van der Waals surface area contributed by atoms with Crippen molar-refractivity contribution in [2.45, 2.75) is 13.3 Å². The number of aryl methyl sites for hydroxylation is 1. The Hall–Kier alpha value is -2.14. The molecule has 1 heterocycles. The van der Waals surface area contributed by atoms with Crippen molar-refractivity contribution in [2.75, 3.05) is 11.1 Å². The van der Waals surface area contributed by atoms with Crippen LogP contribution < -0.4 is 11.1 Å². The number of amides is 1. The molecule has 20 heavy (non-hydrogen) atoms. The summed E-state index contributed by atoms with van der Waals surface area (Å²) < 4.78 is 13.6. The lowest BCUT2D eigenvalue weighted by Crippen LogP contribution is -2.14. The van der Waals surface area contributed by atoms with E-state index in [1.54, 1.807) is 6.07 Å². The first-order valence-corrected chi connectivity index (χ1v) is 6.40. The highest BCUT2D eigenvalue weighted by atomic mass is 35.5. The average Bonchev–Trinajstić information content (AvgIpc) is 2.42. The molecule has 0 unspecified atom stereocenters. The van der Waals surface area contributed by atoms with Crippen LogP contribution in [0.15, 0.2) is 30.3 Å². The van der Waals surface area contributed by atoms with E-state index in [4.69, 9.17) is 17.3 Å². The van der Waals surface area contributed by atoms with E-state index in [9.17, 15) is 9.18 Å². The number of hydrogen-bond acceptors (Lipinski definition) is 3. The summed E-state index contributed by atoms with van der Waals surface area (Å²) in [5.74, 6) is -0.767. The number of benzene rings is 1. The highest BCUT2D eigenvalue weighted by molar-refractivity contribution is 6.31. The van der Waals surface area contributed by atoms with E-state index in [2.05, 4.69) is 10.3 Å². The van der Waals surface area contributed by atoms with E-state index in [0.717, 1.165) is 0 Å². The Labute approximate surface area is 120 Å². The van der Waals surface area contributed by atoms with Gasteiger partial charge in [0.15, 0.2) is 0 Å². The first-order chi connectivity index (χ1) is 9.49. The minimum atomic E-state index is -0.555. The molecule has 0 bridgehead atoms. The molecule has 0 aliphatic carbocycles. The first-order valence-electron chi connectivity index (χ1n) is 6.02. The molecular formula is C14H13ClFN3O. The van der Waals surface area contributed by atoms with Gasteiger partial charge in [0, 0.05) is 16.3 Å².